The van der Waals surface area contributed by atoms with Gasteiger partial charge in [-0.1, -0.05) is 39.3 Å². The van der Waals surface area contributed by atoms with Crippen LogP contribution in [0.2, 0.25) is 5.02 Å². The molecule has 0 unspecified atom stereocenters. The highest BCUT2D eigenvalue weighted by molar-refractivity contribution is 6.33. The predicted octanol–water partition coefficient (Wildman–Crippen LogP) is 3.72. The lowest BCUT2D eigenvalue weighted by Gasteiger charge is -2.21. The largest absolute Gasteiger partial charge is 0.358 e. The third kappa shape index (κ3) is 5.79. The van der Waals surface area contributed by atoms with Crippen molar-refractivity contribution in [2.45, 2.75) is 46.7 Å². The number of anilines is 1. The lowest BCUT2D eigenvalue weighted by atomic mass is 10.1. The van der Waals surface area contributed by atoms with E-state index in [2.05, 4.69) is 42.9 Å². The zero-order valence-electron chi connectivity index (χ0n) is 12.7. The summed E-state index contributed by atoms with van der Waals surface area (Å²) in [7, 11) is 2.04. The lowest BCUT2D eigenvalue weighted by Crippen LogP contribution is -2.23. The monoisotopic (exact) mass is 283 g/mol. The molecule has 0 atom stereocenters. The number of aromatic nitrogens is 1. The van der Waals surface area contributed by atoms with Crippen molar-refractivity contribution in [3.63, 3.8) is 0 Å². The molecule has 0 aromatic carbocycles. The van der Waals surface area contributed by atoms with Gasteiger partial charge in [0.05, 0.1) is 5.02 Å². The van der Waals surface area contributed by atoms with E-state index >= 15 is 0 Å². The van der Waals surface area contributed by atoms with Gasteiger partial charge in [-0.05, 0) is 24.0 Å². The molecule has 1 aromatic rings. The van der Waals surface area contributed by atoms with Crippen molar-refractivity contribution in [3.8, 4) is 0 Å². The minimum Gasteiger partial charge on any atom is -0.358 e. The summed E-state index contributed by atoms with van der Waals surface area (Å²) in [5, 5.41) is 4.10. The number of halogens is 1. The van der Waals surface area contributed by atoms with Gasteiger partial charge < -0.3 is 10.2 Å². The molecule has 0 amide bonds. The normalized spacial score (nSPS) is 11.4. The van der Waals surface area contributed by atoms with Crippen LogP contribution in [0.1, 0.15) is 39.7 Å². The molecular formula is C15H26ClN3. The average molecular weight is 284 g/mol. The van der Waals surface area contributed by atoms with Gasteiger partial charge in [0.1, 0.15) is 5.82 Å². The molecule has 0 fully saturated rings. The highest BCUT2D eigenvalue weighted by atomic mass is 35.5. The Morgan fingerprint density at radius 3 is 2.53 bits per heavy atom. The summed E-state index contributed by atoms with van der Waals surface area (Å²) in [6.45, 7) is 10.5. The van der Waals surface area contributed by atoms with Crippen LogP contribution in [0.25, 0.3) is 0 Å². The first-order valence-corrected chi connectivity index (χ1v) is 7.37. The van der Waals surface area contributed by atoms with E-state index in [0.29, 0.717) is 12.0 Å². The fourth-order valence-electron chi connectivity index (χ4n) is 1.73. The fraction of sp³-hybridized carbons (Fsp3) is 0.667. The van der Waals surface area contributed by atoms with Crippen LogP contribution >= 0.6 is 11.6 Å². The molecule has 1 N–H and O–H groups in total. The Morgan fingerprint density at radius 1 is 1.32 bits per heavy atom. The molecule has 1 heterocycles. The van der Waals surface area contributed by atoms with E-state index in [1.54, 1.807) is 0 Å². The summed E-state index contributed by atoms with van der Waals surface area (Å²) >= 11 is 6.32. The van der Waals surface area contributed by atoms with Gasteiger partial charge in [0.2, 0.25) is 0 Å². The van der Waals surface area contributed by atoms with Gasteiger partial charge in [-0.15, -0.1) is 0 Å². The molecule has 0 aliphatic rings. The molecule has 0 saturated heterocycles. The fourth-order valence-corrected chi connectivity index (χ4v) is 2.06. The highest BCUT2D eigenvalue weighted by Gasteiger charge is 2.09. The second kappa shape index (κ2) is 7.71. The molecule has 0 spiro atoms. The van der Waals surface area contributed by atoms with Gasteiger partial charge in [0.15, 0.2) is 0 Å². The van der Waals surface area contributed by atoms with E-state index in [-0.39, 0.29) is 0 Å². The maximum atomic E-state index is 6.32. The van der Waals surface area contributed by atoms with Crippen LogP contribution in [0.4, 0.5) is 5.82 Å². The number of pyridine rings is 1. The van der Waals surface area contributed by atoms with E-state index in [0.717, 1.165) is 35.9 Å². The zero-order chi connectivity index (χ0) is 14.4. The summed E-state index contributed by atoms with van der Waals surface area (Å²) in [5.41, 5.74) is 1.12. The van der Waals surface area contributed by atoms with Crippen LogP contribution in [0.15, 0.2) is 12.3 Å². The Labute approximate surface area is 122 Å². The average Bonchev–Trinajstić information content (AvgIpc) is 2.33. The Hall–Kier alpha value is -0.800. The van der Waals surface area contributed by atoms with Crippen molar-refractivity contribution in [1.82, 2.24) is 10.3 Å². The van der Waals surface area contributed by atoms with Gasteiger partial charge in [0, 0.05) is 32.4 Å². The van der Waals surface area contributed by atoms with Crippen LogP contribution in [-0.2, 0) is 6.54 Å². The Kier molecular flexibility index (Phi) is 6.59. The second-order valence-electron chi connectivity index (χ2n) is 5.79. The van der Waals surface area contributed by atoms with Crippen molar-refractivity contribution >= 4 is 17.4 Å². The summed E-state index contributed by atoms with van der Waals surface area (Å²) in [6.07, 6.45) is 3.05. The van der Waals surface area contributed by atoms with Gasteiger partial charge in [-0.2, -0.15) is 0 Å². The molecule has 0 radical (unpaired) electrons. The third-order valence-electron chi connectivity index (χ3n) is 3.00. The topological polar surface area (TPSA) is 28.2 Å². The molecule has 0 aliphatic carbocycles. The molecule has 0 saturated carbocycles. The first kappa shape index (κ1) is 16.3. The maximum Gasteiger partial charge on any atom is 0.147 e. The summed E-state index contributed by atoms with van der Waals surface area (Å²) < 4.78 is 0. The minimum absolute atomic E-state index is 0.465. The Balaban J connectivity index is 2.65. The highest BCUT2D eigenvalue weighted by Crippen LogP contribution is 2.23. The molecule has 1 rings (SSSR count). The van der Waals surface area contributed by atoms with Crippen molar-refractivity contribution < 1.29 is 0 Å². The minimum atomic E-state index is 0.465. The van der Waals surface area contributed by atoms with Crippen molar-refractivity contribution in [3.05, 3.63) is 22.8 Å². The zero-order valence-corrected chi connectivity index (χ0v) is 13.5. The van der Waals surface area contributed by atoms with Gasteiger partial charge in [-0.3, -0.25) is 0 Å². The molecule has 19 heavy (non-hydrogen) atoms. The van der Waals surface area contributed by atoms with E-state index in [9.17, 15) is 0 Å². The van der Waals surface area contributed by atoms with E-state index in [1.165, 1.54) is 0 Å². The molecule has 1 aromatic heterocycles. The molecule has 108 valence electrons. The molecule has 3 nitrogen and oxygen atoms in total. The molecule has 0 bridgehead atoms. The predicted molar refractivity (Wildman–Crippen MR) is 83.9 cm³/mol. The number of hydrogen-bond acceptors (Lipinski definition) is 3. The first-order chi connectivity index (χ1) is 8.90. The third-order valence-corrected chi connectivity index (χ3v) is 3.27. The van der Waals surface area contributed by atoms with Gasteiger partial charge in [0.25, 0.3) is 0 Å². The molecular weight excluding hydrogens is 258 g/mol. The van der Waals surface area contributed by atoms with Crippen LogP contribution in [0, 0.1) is 5.92 Å². The van der Waals surface area contributed by atoms with Gasteiger partial charge in [-0.25, -0.2) is 4.98 Å². The van der Waals surface area contributed by atoms with Gasteiger partial charge >= 0.3 is 0 Å². The smallest absolute Gasteiger partial charge is 0.147 e. The van der Waals surface area contributed by atoms with Crippen molar-refractivity contribution in [1.29, 1.82) is 0 Å². The number of hydrogen-bond donors (Lipinski definition) is 1. The quantitative estimate of drug-likeness (QED) is 0.827. The maximum absolute atomic E-state index is 6.32. The Morgan fingerprint density at radius 2 is 2.00 bits per heavy atom. The van der Waals surface area contributed by atoms with Crippen LogP contribution < -0.4 is 10.2 Å². The molecule has 4 heteroatoms. The summed E-state index contributed by atoms with van der Waals surface area (Å²) in [5.74, 6) is 1.56. The summed E-state index contributed by atoms with van der Waals surface area (Å²) in [4.78, 5) is 6.61. The first-order valence-electron chi connectivity index (χ1n) is 6.99. The standard InChI is InChI=1S/C15H26ClN3/c1-11(2)6-7-19(5)15-14(16)8-13(10-18-15)9-17-12(3)4/h8,10-12,17H,6-7,9H2,1-5H3. The second-order valence-corrected chi connectivity index (χ2v) is 6.20. The van der Waals surface area contributed by atoms with E-state index in [1.807, 2.05) is 19.3 Å². The van der Waals surface area contributed by atoms with Crippen LogP contribution in [0.5, 0.6) is 0 Å². The van der Waals surface area contributed by atoms with E-state index < -0.39 is 0 Å². The number of nitrogens with zero attached hydrogens (tertiary/aromatic N) is 2. The lowest BCUT2D eigenvalue weighted by molar-refractivity contribution is 0.582. The number of nitrogens with one attached hydrogen (secondary N) is 1. The van der Waals surface area contributed by atoms with Crippen molar-refractivity contribution in [2.24, 2.45) is 5.92 Å². The van der Waals surface area contributed by atoms with Crippen molar-refractivity contribution in [2.75, 3.05) is 18.5 Å². The summed E-state index contributed by atoms with van der Waals surface area (Å²) in [6, 6.07) is 2.47. The van der Waals surface area contributed by atoms with Crippen LogP contribution in [-0.4, -0.2) is 24.6 Å². The Bertz CT molecular complexity index is 391. The van der Waals surface area contributed by atoms with Crippen LogP contribution in [0.3, 0.4) is 0 Å². The molecule has 0 aliphatic heterocycles. The SMILES string of the molecule is CC(C)CCN(C)c1ncc(CNC(C)C)cc1Cl. The van der Waals surface area contributed by atoms with E-state index in [4.69, 9.17) is 11.6 Å². The number of rotatable bonds is 7.